The van der Waals surface area contributed by atoms with Crippen molar-refractivity contribution in [1.82, 2.24) is 4.98 Å². The van der Waals surface area contributed by atoms with Crippen LogP contribution in [0.1, 0.15) is 0 Å². The molecular formula is C10H8N2S. The molecule has 3 heteroatoms. The first-order valence-electron chi connectivity index (χ1n) is 4.10. The normalized spacial score (nSPS) is 11.4. The summed E-state index contributed by atoms with van der Waals surface area (Å²) in [4.78, 5) is 3.23. The van der Waals surface area contributed by atoms with E-state index in [9.17, 15) is 0 Å². The number of nitrogen functional groups attached to an aromatic ring is 1. The molecule has 0 saturated heterocycles. The molecule has 3 N–H and O–H groups in total. The summed E-state index contributed by atoms with van der Waals surface area (Å²) in [6, 6.07) is 8.31. The number of nitrogens with one attached hydrogen (secondary N) is 1. The quantitative estimate of drug-likeness (QED) is 0.559. The molecule has 2 aromatic heterocycles. The second kappa shape index (κ2) is 2.26. The molecule has 0 spiro atoms. The molecule has 0 aliphatic carbocycles. The molecule has 1 aromatic carbocycles. The van der Waals surface area contributed by atoms with Crippen molar-refractivity contribution in [2.75, 3.05) is 5.73 Å². The number of thiophene rings is 1. The molecule has 2 nitrogen and oxygen atoms in total. The first-order chi connectivity index (χ1) is 6.34. The number of hydrogen-bond acceptors (Lipinski definition) is 2. The fourth-order valence-corrected chi connectivity index (χ4v) is 2.59. The van der Waals surface area contributed by atoms with Crippen molar-refractivity contribution in [3.8, 4) is 0 Å². The van der Waals surface area contributed by atoms with Crippen molar-refractivity contribution in [3.63, 3.8) is 0 Å². The van der Waals surface area contributed by atoms with E-state index in [1.54, 1.807) is 11.3 Å². The zero-order chi connectivity index (χ0) is 8.84. The Kier molecular flexibility index (Phi) is 1.21. The average molecular weight is 188 g/mol. The van der Waals surface area contributed by atoms with Gasteiger partial charge in [-0.3, -0.25) is 0 Å². The fraction of sp³-hybridized carbons (Fsp3) is 0. The molecule has 0 aliphatic rings. The minimum absolute atomic E-state index is 0.872. The largest absolute Gasteiger partial charge is 0.391 e. The number of aromatic amines is 1. The molecule has 0 atom stereocenters. The Labute approximate surface area is 79.0 Å². The highest BCUT2D eigenvalue weighted by molar-refractivity contribution is 7.23. The Morgan fingerprint density at radius 3 is 2.92 bits per heavy atom. The number of fused-ring (bicyclic) bond motifs is 3. The van der Waals surface area contributed by atoms with Gasteiger partial charge in [0.05, 0.1) is 15.2 Å². The van der Waals surface area contributed by atoms with E-state index in [4.69, 9.17) is 5.73 Å². The molecule has 0 saturated carbocycles. The van der Waals surface area contributed by atoms with Gasteiger partial charge in [-0.1, -0.05) is 12.1 Å². The van der Waals surface area contributed by atoms with Crippen LogP contribution >= 0.6 is 11.3 Å². The molecule has 3 rings (SSSR count). The SMILES string of the molecule is Nc1cc2ccc3cc[nH]c3c2s1. The van der Waals surface area contributed by atoms with Crippen LogP contribution in [0.3, 0.4) is 0 Å². The van der Waals surface area contributed by atoms with Crippen molar-refractivity contribution < 1.29 is 0 Å². The zero-order valence-corrected chi connectivity index (χ0v) is 7.69. The summed E-state index contributed by atoms with van der Waals surface area (Å²) in [6.45, 7) is 0. The Balaban J connectivity index is 2.64. The van der Waals surface area contributed by atoms with Crippen molar-refractivity contribution in [2.45, 2.75) is 0 Å². The van der Waals surface area contributed by atoms with Gasteiger partial charge in [0.1, 0.15) is 0 Å². The predicted octanol–water partition coefficient (Wildman–Crippen LogP) is 2.96. The molecule has 2 heterocycles. The van der Waals surface area contributed by atoms with Gasteiger partial charge < -0.3 is 10.7 Å². The van der Waals surface area contributed by atoms with Gasteiger partial charge in [-0.25, -0.2) is 0 Å². The van der Waals surface area contributed by atoms with E-state index in [0.29, 0.717) is 0 Å². The summed E-state index contributed by atoms with van der Waals surface area (Å²) in [5.74, 6) is 0. The van der Waals surface area contributed by atoms with E-state index >= 15 is 0 Å². The number of H-pyrrole nitrogens is 1. The smallest absolute Gasteiger partial charge is 0.0869 e. The first-order valence-corrected chi connectivity index (χ1v) is 4.91. The van der Waals surface area contributed by atoms with Crippen molar-refractivity contribution in [2.24, 2.45) is 0 Å². The highest BCUT2D eigenvalue weighted by Crippen LogP contribution is 2.32. The molecule has 0 unspecified atom stereocenters. The van der Waals surface area contributed by atoms with Crippen LogP contribution in [0.4, 0.5) is 5.00 Å². The van der Waals surface area contributed by atoms with E-state index in [1.165, 1.54) is 21.0 Å². The molecule has 0 radical (unpaired) electrons. The standard InChI is InChI=1S/C10H8N2S/c11-8-5-7-2-1-6-3-4-12-9(6)10(7)13-8/h1-5,12H,11H2. The minimum Gasteiger partial charge on any atom is -0.391 e. The predicted molar refractivity (Wildman–Crippen MR) is 58.1 cm³/mol. The van der Waals surface area contributed by atoms with Crippen LogP contribution in [0.15, 0.2) is 30.5 Å². The van der Waals surface area contributed by atoms with Crippen LogP contribution in [0.2, 0.25) is 0 Å². The molecule has 0 bridgehead atoms. The highest BCUT2D eigenvalue weighted by Gasteiger charge is 2.03. The number of nitrogens with two attached hydrogens (primary N) is 1. The second-order valence-corrected chi connectivity index (χ2v) is 4.16. The highest BCUT2D eigenvalue weighted by atomic mass is 32.1. The minimum atomic E-state index is 0.872. The van der Waals surface area contributed by atoms with Crippen LogP contribution in [-0.4, -0.2) is 4.98 Å². The third-order valence-electron chi connectivity index (χ3n) is 2.23. The molecule has 3 aromatic rings. The number of anilines is 1. The average Bonchev–Trinajstić information content (AvgIpc) is 2.65. The van der Waals surface area contributed by atoms with Crippen LogP contribution in [-0.2, 0) is 0 Å². The summed E-state index contributed by atoms with van der Waals surface area (Å²) >= 11 is 1.63. The monoisotopic (exact) mass is 188 g/mol. The van der Waals surface area contributed by atoms with Crippen molar-refractivity contribution >= 4 is 37.3 Å². The van der Waals surface area contributed by atoms with E-state index in [-0.39, 0.29) is 0 Å². The van der Waals surface area contributed by atoms with Crippen LogP contribution < -0.4 is 5.73 Å². The molecule has 0 amide bonds. The molecule has 64 valence electrons. The van der Waals surface area contributed by atoms with Crippen molar-refractivity contribution in [1.29, 1.82) is 0 Å². The van der Waals surface area contributed by atoms with Crippen LogP contribution in [0.5, 0.6) is 0 Å². The third-order valence-corrected chi connectivity index (χ3v) is 3.23. The number of benzene rings is 1. The maximum absolute atomic E-state index is 5.75. The maximum Gasteiger partial charge on any atom is 0.0869 e. The van der Waals surface area contributed by atoms with Gasteiger partial charge in [0.25, 0.3) is 0 Å². The lowest BCUT2D eigenvalue weighted by Gasteiger charge is -1.90. The van der Waals surface area contributed by atoms with Gasteiger partial charge in [-0.15, -0.1) is 11.3 Å². The molecule has 0 aliphatic heterocycles. The number of rotatable bonds is 0. The Morgan fingerprint density at radius 2 is 2.00 bits per heavy atom. The Bertz CT molecular complexity index is 577. The number of aromatic nitrogens is 1. The van der Waals surface area contributed by atoms with Gasteiger partial charge >= 0.3 is 0 Å². The fourth-order valence-electron chi connectivity index (χ4n) is 1.64. The second-order valence-electron chi connectivity index (χ2n) is 3.07. The molecule has 0 fully saturated rings. The lowest BCUT2D eigenvalue weighted by Crippen LogP contribution is -1.72. The van der Waals surface area contributed by atoms with Gasteiger partial charge in [0.15, 0.2) is 0 Å². The lowest BCUT2D eigenvalue weighted by atomic mass is 10.2. The van der Waals surface area contributed by atoms with Gasteiger partial charge in [0, 0.05) is 11.6 Å². The molecule has 13 heavy (non-hydrogen) atoms. The van der Waals surface area contributed by atoms with Crippen molar-refractivity contribution in [3.05, 3.63) is 30.5 Å². The molecular weight excluding hydrogens is 180 g/mol. The summed E-state index contributed by atoms with van der Waals surface area (Å²) < 4.78 is 1.25. The van der Waals surface area contributed by atoms with E-state index < -0.39 is 0 Å². The Morgan fingerprint density at radius 1 is 1.15 bits per heavy atom. The first kappa shape index (κ1) is 6.97. The lowest BCUT2D eigenvalue weighted by molar-refractivity contribution is 1.49. The van der Waals surface area contributed by atoms with Gasteiger partial charge in [-0.05, 0) is 17.5 Å². The topological polar surface area (TPSA) is 41.8 Å². The van der Waals surface area contributed by atoms with Crippen LogP contribution in [0, 0.1) is 0 Å². The van der Waals surface area contributed by atoms with Gasteiger partial charge in [0.2, 0.25) is 0 Å². The van der Waals surface area contributed by atoms with E-state index in [2.05, 4.69) is 23.2 Å². The third kappa shape index (κ3) is 0.876. The Hall–Kier alpha value is -1.48. The summed E-state index contributed by atoms with van der Waals surface area (Å²) in [6.07, 6.45) is 1.96. The van der Waals surface area contributed by atoms with Crippen LogP contribution in [0.25, 0.3) is 21.0 Å². The van der Waals surface area contributed by atoms with E-state index in [1.807, 2.05) is 12.3 Å². The maximum atomic E-state index is 5.75. The zero-order valence-electron chi connectivity index (χ0n) is 6.87. The van der Waals surface area contributed by atoms with Gasteiger partial charge in [-0.2, -0.15) is 0 Å². The number of hydrogen-bond donors (Lipinski definition) is 2. The summed E-state index contributed by atoms with van der Waals surface area (Å²) in [7, 11) is 0. The summed E-state index contributed by atoms with van der Waals surface area (Å²) in [5, 5.41) is 3.34. The van der Waals surface area contributed by atoms with E-state index in [0.717, 1.165) is 5.00 Å². The summed E-state index contributed by atoms with van der Waals surface area (Å²) in [5.41, 5.74) is 6.95.